The summed E-state index contributed by atoms with van der Waals surface area (Å²) < 4.78 is 5.28. The van der Waals surface area contributed by atoms with E-state index < -0.39 is 5.54 Å². The lowest BCUT2D eigenvalue weighted by Crippen LogP contribution is -2.52. The summed E-state index contributed by atoms with van der Waals surface area (Å²) in [4.78, 5) is 23.7. The standard InChI is InChI=1S/C15H27N3O3/c1-3-21-14(20)15(18-11-4-5-11)7-6-10(9-15)8-12(17-2)13(16)19/h10-12,17-18H,3-9H2,1-2H3,(H2,16,19). The van der Waals surface area contributed by atoms with Gasteiger partial charge in [0.2, 0.25) is 5.91 Å². The average Bonchev–Trinajstić information content (AvgIpc) is 3.15. The van der Waals surface area contributed by atoms with Crippen molar-refractivity contribution in [2.75, 3.05) is 13.7 Å². The van der Waals surface area contributed by atoms with Crippen LogP contribution in [0.1, 0.15) is 45.4 Å². The molecule has 2 rings (SSSR count). The molecule has 3 atom stereocenters. The third-order valence-corrected chi connectivity index (χ3v) is 4.60. The molecule has 21 heavy (non-hydrogen) atoms. The highest BCUT2D eigenvalue weighted by atomic mass is 16.5. The quantitative estimate of drug-likeness (QED) is 0.560. The van der Waals surface area contributed by atoms with Gasteiger partial charge in [0.25, 0.3) is 0 Å². The number of ether oxygens (including phenoxy) is 1. The van der Waals surface area contributed by atoms with Gasteiger partial charge in [-0.3, -0.25) is 14.9 Å². The first-order chi connectivity index (χ1) is 10.0. The lowest BCUT2D eigenvalue weighted by atomic mass is 9.92. The van der Waals surface area contributed by atoms with E-state index in [1.807, 2.05) is 6.92 Å². The number of amides is 1. The lowest BCUT2D eigenvalue weighted by molar-refractivity contribution is -0.151. The Balaban J connectivity index is 1.99. The minimum absolute atomic E-state index is 0.139. The molecule has 0 bridgehead atoms. The molecular formula is C15H27N3O3. The van der Waals surface area contributed by atoms with Crippen LogP contribution in [0.2, 0.25) is 0 Å². The van der Waals surface area contributed by atoms with Gasteiger partial charge in [-0.05, 0) is 58.4 Å². The van der Waals surface area contributed by atoms with Gasteiger partial charge in [-0.1, -0.05) is 0 Å². The van der Waals surface area contributed by atoms with Crippen molar-refractivity contribution >= 4 is 11.9 Å². The number of carbonyl (C=O) groups excluding carboxylic acids is 2. The SMILES string of the molecule is CCOC(=O)C1(NC2CC2)CCC(CC(NC)C(N)=O)C1. The second-order valence-electron chi connectivity index (χ2n) is 6.31. The average molecular weight is 297 g/mol. The molecule has 3 unspecified atom stereocenters. The van der Waals surface area contributed by atoms with Gasteiger partial charge in [-0.25, -0.2) is 0 Å². The molecule has 0 aromatic carbocycles. The highest BCUT2D eigenvalue weighted by Crippen LogP contribution is 2.40. The van der Waals surface area contributed by atoms with Crippen molar-refractivity contribution in [2.24, 2.45) is 11.7 Å². The van der Waals surface area contributed by atoms with Crippen LogP contribution in [0.4, 0.5) is 0 Å². The summed E-state index contributed by atoms with van der Waals surface area (Å²) in [5.41, 5.74) is 4.82. The van der Waals surface area contributed by atoms with Gasteiger partial charge in [-0.15, -0.1) is 0 Å². The number of nitrogens with two attached hydrogens (primary N) is 1. The second kappa shape index (κ2) is 6.75. The van der Waals surface area contributed by atoms with Crippen molar-refractivity contribution in [1.29, 1.82) is 0 Å². The van der Waals surface area contributed by atoms with Crippen LogP contribution in [0.3, 0.4) is 0 Å². The molecule has 4 N–H and O–H groups in total. The number of hydrogen-bond donors (Lipinski definition) is 3. The lowest BCUT2D eigenvalue weighted by Gasteiger charge is -2.29. The van der Waals surface area contributed by atoms with E-state index >= 15 is 0 Å². The highest BCUT2D eigenvalue weighted by molar-refractivity contribution is 5.82. The molecule has 0 spiro atoms. The van der Waals surface area contributed by atoms with Crippen molar-refractivity contribution < 1.29 is 14.3 Å². The predicted octanol–water partition coefficient (Wildman–Crippen LogP) is 0.304. The fourth-order valence-electron chi connectivity index (χ4n) is 3.32. The molecule has 6 nitrogen and oxygen atoms in total. The van der Waals surface area contributed by atoms with E-state index in [-0.39, 0.29) is 17.9 Å². The van der Waals surface area contributed by atoms with E-state index in [9.17, 15) is 9.59 Å². The maximum Gasteiger partial charge on any atom is 0.326 e. The molecule has 0 aromatic heterocycles. The van der Waals surface area contributed by atoms with Crippen LogP contribution in [0.25, 0.3) is 0 Å². The van der Waals surface area contributed by atoms with Gasteiger partial charge in [0.1, 0.15) is 5.54 Å². The normalized spacial score (nSPS) is 30.1. The van der Waals surface area contributed by atoms with Crippen molar-refractivity contribution in [1.82, 2.24) is 10.6 Å². The van der Waals surface area contributed by atoms with Crippen molar-refractivity contribution in [2.45, 2.75) is 63.1 Å². The van der Waals surface area contributed by atoms with Gasteiger partial charge in [0, 0.05) is 6.04 Å². The Kier molecular flexibility index (Phi) is 5.22. The topological polar surface area (TPSA) is 93.4 Å². The van der Waals surface area contributed by atoms with Crippen LogP contribution in [-0.4, -0.2) is 43.2 Å². The van der Waals surface area contributed by atoms with E-state index in [1.165, 1.54) is 0 Å². The van der Waals surface area contributed by atoms with Gasteiger partial charge < -0.3 is 15.8 Å². The Morgan fingerprint density at radius 2 is 2.10 bits per heavy atom. The summed E-state index contributed by atoms with van der Waals surface area (Å²) in [6.45, 7) is 2.23. The van der Waals surface area contributed by atoms with Crippen LogP contribution in [0.5, 0.6) is 0 Å². The Hall–Kier alpha value is -1.14. The van der Waals surface area contributed by atoms with E-state index in [0.29, 0.717) is 25.0 Å². The van der Waals surface area contributed by atoms with Gasteiger partial charge in [-0.2, -0.15) is 0 Å². The molecule has 0 radical (unpaired) electrons. The third-order valence-electron chi connectivity index (χ3n) is 4.60. The zero-order chi connectivity index (χ0) is 15.5. The first-order valence-corrected chi connectivity index (χ1v) is 7.92. The molecule has 0 aliphatic heterocycles. The zero-order valence-electron chi connectivity index (χ0n) is 13.0. The predicted molar refractivity (Wildman–Crippen MR) is 79.5 cm³/mol. The van der Waals surface area contributed by atoms with Crippen molar-refractivity contribution in [3.05, 3.63) is 0 Å². The molecule has 0 heterocycles. The number of hydrogen-bond acceptors (Lipinski definition) is 5. The van der Waals surface area contributed by atoms with Gasteiger partial charge in [0.15, 0.2) is 0 Å². The van der Waals surface area contributed by atoms with Crippen LogP contribution in [0, 0.1) is 5.92 Å². The molecular weight excluding hydrogens is 270 g/mol. The summed E-state index contributed by atoms with van der Waals surface area (Å²) in [5, 5.41) is 6.44. The number of likely N-dealkylation sites (N-methyl/N-ethyl adjacent to an activating group) is 1. The van der Waals surface area contributed by atoms with Crippen molar-refractivity contribution in [3.8, 4) is 0 Å². The molecule has 120 valence electrons. The van der Waals surface area contributed by atoms with E-state index in [4.69, 9.17) is 10.5 Å². The maximum absolute atomic E-state index is 12.4. The first kappa shape index (κ1) is 16.2. The molecule has 2 fully saturated rings. The van der Waals surface area contributed by atoms with Crippen molar-refractivity contribution in [3.63, 3.8) is 0 Å². The summed E-state index contributed by atoms with van der Waals surface area (Å²) in [7, 11) is 1.74. The van der Waals surface area contributed by atoms with Gasteiger partial charge in [0.05, 0.1) is 12.6 Å². The molecule has 2 saturated carbocycles. The van der Waals surface area contributed by atoms with Crippen LogP contribution in [0.15, 0.2) is 0 Å². The largest absolute Gasteiger partial charge is 0.465 e. The highest BCUT2D eigenvalue weighted by Gasteiger charge is 2.49. The number of esters is 1. The number of primary amides is 1. The minimum Gasteiger partial charge on any atom is -0.465 e. The summed E-state index contributed by atoms with van der Waals surface area (Å²) >= 11 is 0. The summed E-state index contributed by atoms with van der Waals surface area (Å²) in [5.74, 6) is -0.161. The summed E-state index contributed by atoms with van der Waals surface area (Å²) in [6, 6.07) is 0.123. The van der Waals surface area contributed by atoms with E-state index in [0.717, 1.165) is 32.1 Å². The minimum atomic E-state index is -0.558. The second-order valence-corrected chi connectivity index (χ2v) is 6.31. The molecule has 0 aromatic rings. The summed E-state index contributed by atoms with van der Waals surface area (Å²) in [6.07, 6.45) is 5.37. The molecule has 1 amide bonds. The first-order valence-electron chi connectivity index (χ1n) is 7.92. The van der Waals surface area contributed by atoms with Gasteiger partial charge >= 0.3 is 5.97 Å². The number of nitrogens with one attached hydrogen (secondary N) is 2. The zero-order valence-corrected chi connectivity index (χ0v) is 13.0. The van der Waals surface area contributed by atoms with E-state index in [1.54, 1.807) is 7.05 Å². The molecule has 2 aliphatic carbocycles. The number of carbonyl (C=O) groups is 2. The fraction of sp³-hybridized carbons (Fsp3) is 0.867. The number of rotatable bonds is 8. The maximum atomic E-state index is 12.4. The smallest absolute Gasteiger partial charge is 0.326 e. The van der Waals surface area contributed by atoms with E-state index in [2.05, 4.69) is 10.6 Å². The molecule has 2 aliphatic rings. The molecule has 6 heteroatoms. The molecule has 0 saturated heterocycles. The Bertz CT molecular complexity index is 398. The Morgan fingerprint density at radius 1 is 1.38 bits per heavy atom. The van der Waals surface area contributed by atoms with Crippen LogP contribution < -0.4 is 16.4 Å². The fourth-order valence-corrected chi connectivity index (χ4v) is 3.32. The van der Waals surface area contributed by atoms with Crippen LogP contribution in [-0.2, 0) is 14.3 Å². The third kappa shape index (κ3) is 3.95. The Morgan fingerprint density at radius 3 is 2.62 bits per heavy atom. The monoisotopic (exact) mass is 297 g/mol. The Labute approximate surface area is 126 Å². The van der Waals surface area contributed by atoms with Crippen LogP contribution >= 0.6 is 0 Å².